The van der Waals surface area contributed by atoms with E-state index in [1.54, 1.807) is 25.1 Å². The van der Waals surface area contributed by atoms with Crippen molar-refractivity contribution in [2.24, 2.45) is 0 Å². The Morgan fingerprint density at radius 1 is 1.07 bits per heavy atom. The van der Waals surface area contributed by atoms with Crippen LogP contribution in [0.3, 0.4) is 0 Å². The number of pyridine rings is 1. The highest BCUT2D eigenvalue weighted by molar-refractivity contribution is 9.11. The molecule has 0 fully saturated rings. The highest BCUT2D eigenvalue weighted by atomic mass is 79.9. The molecule has 0 aliphatic carbocycles. The summed E-state index contributed by atoms with van der Waals surface area (Å²) in [6, 6.07) is 14.5. The standard InChI is InChI=1S/C19H13BrN4O3S/c1-10-16-12(17(25)22-23-18(26)14-7-8-15(20)28-14)9-13(21-19(16)27-24-10)11-5-3-2-4-6-11/h2-9H,1H3,(H,22,25)(H,23,26). The van der Waals surface area contributed by atoms with E-state index in [2.05, 4.69) is 36.9 Å². The maximum Gasteiger partial charge on any atom is 0.279 e. The first-order valence-corrected chi connectivity index (χ1v) is 9.82. The molecule has 0 saturated carbocycles. The maximum atomic E-state index is 12.8. The summed E-state index contributed by atoms with van der Waals surface area (Å²) in [6.45, 7) is 1.73. The molecule has 0 spiro atoms. The van der Waals surface area contributed by atoms with E-state index in [0.717, 1.165) is 9.35 Å². The molecule has 0 atom stereocenters. The zero-order chi connectivity index (χ0) is 19.7. The third-order valence-electron chi connectivity index (χ3n) is 4.02. The monoisotopic (exact) mass is 456 g/mol. The fourth-order valence-electron chi connectivity index (χ4n) is 2.71. The normalized spacial score (nSPS) is 10.8. The fourth-order valence-corrected chi connectivity index (χ4v) is 3.99. The molecular weight excluding hydrogens is 444 g/mol. The van der Waals surface area contributed by atoms with Crippen molar-refractivity contribution < 1.29 is 14.1 Å². The van der Waals surface area contributed by atoms with Crippen LogP contribution < -0.4 is 10.9 Å². The van der Waals surface area contributed by atoms with E-state index in [0.29, 0.717) is 27.2 Å². The van der Waals surface area contributed by atoms with Gasteiger partial charge in [-0.1, -0.05) is 35.5 Å². The zero-order valence-corrected chi connectivity index (χ0v) is 16.9. The summed E-state index contributed by atoms with van der Waals surface area (Å²) in [5.74, 6) is -0.889. The number of nitrogens with zero attached hydrogens (tertiary/aromatic N) is 2. The Kier molecular flexibility index (Phi) is 4.93. The Morgan fingerprint density at radius 3 is 2.54 bits per heavy atom. The second kappa shape index (κ2) is 7.53. The van der Waals surface area contributed by atoms with Crippen molar-refractivity contribution in [3.8, 4) is 11.3 Å². The molecule has 2 N–H and O–H groups in total. The molecule has 0 aliphatic heterocycles. The van der Waals surface area contributed by atoms with Gasteiger partial charge in [-0.2, -0.15) is 0 Å². The smallest absolute Gasteiger partial charge is 0.279 e. The largest absolute Gasteiger partial charge is 0.335 e. The average Bonchev–Trinajstić information content (AvgIpc) is 3.32. The lowest BCUT2D eigenvalue weighted by Crippen LogP contribution is -2.41. The quantitative estimate of drug-likeness (QED) is 0.452. The Balaban J connectivity index is 1.65. The maximum absolute atomic E-state index is 12.8. The van der Waals surface area contributed by atoms with Crippen molar-refractivity contribution in [1.82, 2.24) is 21.0 Å². The number of rotatable bonds is 3. The molecular formula is C19H13BrN4O3S. The van der Waals surface area contributed by atoms with E-state index in [4.69, 9.17) is 4.52 Å². The third-order valence-corrected chi connectivity index (χ3v) is 5.64. The lowest BCUT2D eigenvalue weighted by Gasteiger charge is -2.09. The van der Waals surface area contributed by atoms with Crippen molar-refractivity contribution in [3.63, 3.8) is 0 Å². The first-order chi connectivity index (χ1) is 13.5. The number of nitrogens with one attached hydrogen (secondary N) is 2. The Morgan fingerprint density at radius 2 is 1.82 bits per heavy atom. The van der Waals surface area contributed by atoms with Crippen LogP contribution in [0.4, 0.5) is 0 Å². The number of carbonyl (C=O) groups excluding carboxylic acids is 2. The molecule has 2 amide bonds. The van der Waals surface area contributed by atoms with Gasteiger partial charge < -0.3 is 4.52 Å². The van der Waals surface area contributed by atoms with Gasteiger partial charge in [0.05, 0.1) is 31.0 Å². The molecule has 3 heterocycles. The number of aromatic nitrogens is 2. The van der Waals surface area contributed by atoms with Crippen LogP contribution in [0.15, 0.2) is 56.8 Å². The second-order valence-corrected chi connectivity index (χ2v) is 8.34. The molecule has 0 unspecified atom stereocenters. The molecule has 0 bridgehead atoms. The molecule has 4 aromatic rings. The minimum absolute atomic E-state index is 0.262. The van der Waals surface area contributed by atoms with Crippen LogP contribution in [-0.2, 0) is 0 Å². The van der Waals surface area contributed by atoms with Crippen molar-refractivity contribution in [2.45, 2.75) is 6.92 Å². The Hall–Kier alpha value is -3.04. The number of aryl methyl sites for hydroxylation is 1. The summed E-state index contributed by atoms with van der Waals surface area (Å²) in [6.07, 6.45) is 0. The van der Waals surface area contributed by atoms with E-state index in [1.807, 2.05) is 30.3 Å². The lowest BCUT2D eigenvalue weighted by molar-refractivity contribution is 0.0850. The predicted octanol–water partition coefficient (Wildman–Crippen LogP) is 4.10. The van der Waals surface area contributed by atoms with Crippen LogP contribution in [0.2, 0.25) is 0 Å². The number of hydrogen-bond donors (Lipinski definition) is 2. The molecule has 4 rings (SSSR count). The van der Waals surface area contributed by atoms with E-state index in [-0.39, 0.29) is 5.71 Å². The van der Waals surface area contributed by atoms with Crippen LogP contribution in [0.1, 0.15) is 25.7 Å². The van der Waals surface area contributed by atoms with E-state index < -0.39 is 11.8 Å². The van der Waals surface area contributed by atoms with Crippen molar-refractivity contribution in [1.29, 1.82) is 0 Å². The minimum Gasteiger partial charge on any atom is -0.335 e. The molecule has 0 saturated heterocycles. The predicted molar refractivity (Wildman–Crippen MR) is 109 cm³/mol. The molecule has 0 radical (unpaired) electrons. The fraction of sp³-hybridized carbons (Fsp3) is 0.0526. The van der Waals surface area contributed by atoms with Crippen molar-refractivity contribution in [3.05, 3.63) is 68.5 Å². The van der Waals surface area contributed by atoms with Gasteiger partial charge in [-0.3, -0.25) is 20.4 Å². The van der Waals surface area contributed by atoms with Gasteiger partial charge in [0.2, 0.25) is 0 Å². The molecule has 1 aromatic carbocycles. The lowest BCUT2D eigenvalue weighted by atomic mass is 10.1. The molecule has 3 aromatic heterocycles. The first kappa shape index (κ1) is 18.3. The van der Waals surface area contributed by atoms with Gasteiger partial charge in [0, 0.05) is 5.56 Å². The topological polar surface area (TPSA) is 97.1 Å². The Bertz CT molecular complexity index is 1190. The van der Waals surface area contributed by atoms with Crippen LogP contribution in [0.25, 0.3) is 22.4 Å². The highest BCUT2D eigenvalue weighted by Gasteiger charge is 2.20. The van der Waals surface area contributed by atoms with Gasteiger partial charge in [-0.25, -0.2) is 4.98 Å². The van der Waals surface area contributed by atoms with Crippen molar-refractivity contribution >= 4 is 50.2 Å². The zero-order valence-electron chi connectivity index (χ0n) is 14.5. The van der Waals surface area contributed by atoms with Crippen molar-refractivity contribution in [2.75, 3.05) is 0 Å². The number of benzene rings is 1. The molecule has 28 heavy (non-hydrogen) atoms. The molecule has 9 heteroatoms. The average molecular weight is 457 g/mol. The number of hydrazine groups is 1. The number of amides is 2. The minimum atomic E-state index is -0.486. The highest BCUT2D eigenvalue weighted by Crippen LogP contribution is 2.27. The summed E-state index contributed by atoms with van der Waals surface area (Å²) in [4.78, 5) is 29.9. The number of hydrogen-bond acceptors (Lipinski definition) is 6. The molecule has 7 nitrogen and oxygen atoms in total. The number of thiophene rings is 1. The Labute approximate surface area is 171 Å². The van der Waals surface area contributed by atoms with Gasteiger partial charge in [0.1, 0.15) is 0 Å². The van der Waals surface area contributed by atoms with E-state index in [1.165, 1.54) is 11.3 Å². The van der Waals surface area contributed by atoms with E-state index >= 15 is 0 Å². The summed E-state index contributed by atoms with van der Waals surface area (Å²) < 4.78 is 6.09. The third kappa shape index (κ3) is 3.54. The molecule has 140 valence electrons. The van der Waals surface area contributed by atoms with Crippen LogP contribution in [0.5, 0.6) is 0 Å². The van der Waals surface area contributed by atoms with Gasteiger partial charge >= 0.3 is 0 Å². The number of carbonyl (C=O) groups is 2. The number of fused-ring (bicyclic) bond motifs is 1. The number of halogens is 1. The van der Waals surface area contributed by atoms with E-state index in [9.17, 15) is 9.59 Å². The first-order valence-electron chi connectivity index (χ1n) is 8.21. The van der Waals surface area contributed by atoms with Crippen LogP contribution in [0, 0.1) is 6.92 Å². The molecule has 0 aliphatic rings. The van der Waals surface area contributed by atoms with Crippen LogP contribution in [-0.4, -0.2) is 22.0 Å². The SMILES string of the molecule is Cc1noc2nc(-c3ccccc3)cc(C(=O)NNC(=O)c3ccc(Br)s3)c12. The van der Waals surface area contributed by atoms with Gasteiger partial charge in [0.25, 0.3) is 17.5 Å². The van der Waals surface area contributed by atoms with Gasteiger partial charge in [-0.15, -0.1) is 11.3 Å². The summed E-state index contributed by atoms with van der Waals surface area (Å²) in [5.41, 5.74) is 7.40. The summed E-state index contributed by atoms with van der Waals surface area (Å²) in [7, 11) is 0. The summed E-state index contributed by atoms with van der Waals surface area (Å²) in [5, 5.41) is 4.42. The second-order valence-electron chi connectivity index (χ2n) is 5.88. The van der Waals surface area contributed by atoms with Crippen LogP contribution >= 0.6 is 27.3 Å². The van der Waals surface area contributed by atoms with Gasteiger partial charge in [0.15, 0.2) is 0 Å². The van der Waals surface area contributed by atoms with Gasteiger partial charge in [-0.05, 0) is 41.1 Å². The summed E-state index contributed by atoms with van der Waals surface area (Å²) >= 11 is 4.57.